The maximum atomic E-state index is 13.3. The maximum absolute atomic E-state index is 13.3. The normalized spacial score (nSPS) is 11.5. The van der Waals surface area contributed by atoms with Crippen LogP contribution in [0.4, 0.5) is 5.69 Å². The number of thiophene rings is 1. The van der Waals surface area contributed by atoms with Crippen LogP contribution in [0.25, 0.3) is 11.5 Å². The summed E-state index contributed by atoms with van der Waals surface area (Å²) in [6, 6.07) is 21.9. The van der Waals surface area contributed by atoms with Crippen LogP contribution in [0.2, 0.25) is 0 Å². The summed E-state index contributed by atoms with van der Waals surface area (Å²) in [5, 5.41) is 1.75. The zero-order valence-corrected chi connectivity index (χ0v) is 16.8. The van der Waals surface area contributed by atoms with Crippen molar-refractivity contribution >= 4 is 27.0 Å². The molecule has 0 aliphatic rings. The summed E-state index contributed by atoms with van der Waals surface area (Å²) < 4.78 is 34.0. The van der Waals surface area contributed by atoms with Gasteiger partial charge in [0.25, 0.3) is 10.0 Å². The summed E-state index contributed by atoms with van der Waals surface area (Å²) in [5.41, 5.74) is 2.02. The largest absolute Gasteiger partial charge is 0.441 e. The molecule has 4 aromatic rings. The van der Waals surface area contributed by atoms with E-state index in [0.717, 1.165) is 5.56 Å². The number of oxazole rings is 1. The van der Waals surface area contributed by atoms with Crippen molar-refractivity contribution in [1.82, 2.24) is 4.98 Å². The van der Waals surface area contributed by atoms with Crippen LogP contribution in [-0.2, 0) is 16.6 Å². The fourth-order valence-corrected chi connectivity index (χ4v) is 5.37. The van der Waals surface area contributed by atoms with Crippen LogP contribution in [0, 0.1) is 6.92 Å². The summed E-state index contributed by atoms with van der Waals surface area (Å²) in [6.07, 6.45) is 0. The second-order valence-corrected chi connectivity index (χ2v) is 9.20. The van der Waals surface area contributed by atoms with Gasteiger partial charge >= 0.3 is 0 Å². The molecule has 0 bridgehead atoms. The van der Waals surface area contributed by atoms with Crippen LogP contribution in [0.3, 0.4) is 0 Å². The summed E-state index contributed by atoms with van der Waals surface area (Å²) >= 11 is 1.20. The van der Waals surface area contributed by atoms with E-state index < -0.39 is 10.0 Å². The van der Waals surface area contributed by atoms with Gasteiger partial charge in [-0.15, -0.1) is 11.3 Å². The summed E-state index contributed by atoms with van der Waals surface area (Å²) in [7, 11) is -3.71. The summed E-state index contributed by atoms with van der Waals surface area (Å²) in [4.78, 5) is 4.57. The number of nitrogens with zero attached hydrogens (tertiary/aromatic N) is 2. The van der Waals surface area contributed by atoms with Crippen molar-refractivity contribution in [2.24, 2.45) is 0 Å². The van der Waals surface area contributed by atoms with Gasteiger partial charge in [0.05, 0.1) is 12.2 Å². The van der Waals surface area contributed by atoms with E-state index in [1.807, 2.05) is 48.5 Å². The molecular formula is C21H18N2O3S2. The van der Waals surface area contributed by atoms with E-state index >= 15 is 0 Å². The first kappa shape index (κ1) is 18.5. The first-order chi connectivity index (χ1) is 13.6. The van der Waals surface area contributed by atoms with E-state index in [-0.39, 0.29) is 6.54 Å². The summed E-state index contributed by atoms with van der Waals surface area (Å²) in [6.45, 7) is 1.89. The average Bonchev–Trinajstić information content (AvgIpc) is 3.38. The van der Waals surface area contributed by atoms with Crippen molar-refractivity contribution in [3.8, 4) is 11.5 Å². The van der Waals surface area contributed by atoms with E-state index in [9.17, 15) is 8.42 Å². The minimum Gasteiger partial charge on any atom is -0.441 e. The van der Waals surface area contributed by atoms with E-state index in [2.05, 4.69) is 4.98 Å². The molecule has 0 amide bonds. The van der Waals surface area contributed by atoms with Gasteiger partial charge in [-0.25, -0.2) is 13.4 Å². The number of sulfonamides is 1. The van der Waals surface area contributed by atoms with Crippen LogP contribution in [0.15, 0.2) is 86.8 Å². The molecular weight excluding hydrogens is 392 g/mol. The van der Waals surface area contributed by atoms with Gasteiger partial charge in [0, 0.05) is 5.56 Å². The predicted molar refractivity (Wildman–Crippen MR) is 111 cm³/mol. The third-order valence-electron chi connectivity index (χ3n) is 4.29. The van der Waals surface area contributed by atoms with E-state index in [4.69, 9.17) is 4.42 Å². The van der Waals surface area contributed by atoms with Gasteiger partial charge in [0.1, 0.15) is 15.7 Å². The minimum absolute atomic E-state index is 0.0897. The SMILES string of the molecule is Cc1oc(-c2ccccc2)nc1CN(c1ccccc1)S(=O)(=O)c1cccs1. The lowest BCUT2D eigenvalue weighted by atomic mass is 10.2. The van der Waals surface area contributed by atoms with Gasteiger partial charge < -0.3 is 4.42 Å². The number of hydrogen-bond acceptors (Lipinski definition) is 5. The number of aromatic nitrogens is 1. The highest BCUT2D eigenvalue weighted by atomic mass is 32.2. The molecule has 2 aromatic heterocycles. The van der Waals surface area contributed by atoms with Gasteiger partial charge in [0.15, 0.2) is 0 Å². The Balaban J connectivity index is 1.74. The molecule has 28 heavy (non-hydrogen) atoms. The Morgan fingerprint density at radius 3 is 2.29 bits per heavy atom. The lowest BCUT2D eigenvalue weighted by Crippen LogP contribution is -2.30. The number of para-hydroxylation sites is 1. The van der Waals surface area contributed by atoms with Crippen molar-refractivity contribution < 1.29 is 12.8 Å². The number of hydrogen-bond donors (Lipinski definition) is 0. The van der Waals surface area contributed by atoms with Gasteiger partial charge in [-0.3, -0.25) is 4.31 Å². The first-order valence-corrected chi connectivity index (χ1v) is 11.0. The molecule has 142 valence electrons. The highest BCUT2D eigenvalue weighted by Crippen LogP contribution is 2.30. The molecule has 2 heterocycles. The Morgan fingerprint density at radius 2 is 1.64 bits per heavy atom. The maximum Gasteiger partial charge on any atom is 0.274 e. The molecule has 7 heteroatoms. The quantitative estimate of drug-likeness (QED) is 0.443. The standard InChI is InChI=1S/C21H18N2O3S2/c1-16-19(22-21(26-16)17-9-4-2-5-10-17)15-23(18-11-6-3-7-12-18)28(24,25)20-13-8-14-27-20/h2-14H,15H2,1H3. The lowest BCUT2D eigenvalue weighted by Gasteiger charge is -2.23. The molecule has 0 aliphatic heterocycles. The Labute approximate surface area is 168 Å². The second kappa shape index (κ2) is 7.61. The van der Waals surface area contributed by atoms with Crippen molar-refractivity contribution in [3.63, 3.8) is 0 Å². The van der Waals surface area contributed by atoms with Crippen molar-refractivity contribution in [1.29, 1.82) is 0 Å². The molecule has 0 saturated carbocycles. The van der Waals surface area contributed by atoms with Crippen molar-refractivity contribution in [2.45, 2.75) is 17.7 Å². The molecule has 0 spiro atoms. The highest BCUT2D eigenvalue weighted by molar-refractivity contribution is 7.94. The molecule has 0 aliphatic carbocycles. The molecule has 0 unspecified atom stereocenters. The number of anilines is 1. The Hall–Kier alpha value is -2.90. The fourth-order valence-electron chi connectivity index (χ4n) is 2.84. The van der Waals surface area contributed by atoms with Gasteiger partial charge in [0.2, 0.25) is 5.89 Å². The zero-order valence-electron chi connectivity index (χ0n) is 15.1. The minimum atomic E-state index is -3.71. The average molecular weight is 411 g/mol. The van der Waals surface area contributed by atoms with Crippen LogP contribution < -0.4 is 4.31 Å². The van der Waals surface area contributed by atoms with E-state index in [1.165, 1.54) is 15.6 Å². The molecule has 0 saturated heterocycles. The van der Waals surface area contributed by atoms with Crippen LogP contribution in [0.1, 0.15) is 11.5 Å². The second-order valence-electron chi connectivity index (χ2n) is 6.17. The molecule has 0 N–H and O–H groups in total. The van der Waals surface area contributed by atoms with Crippen molar-refractivity contribution in [3.05, 3.63) is 89.6 Å². The highest BCUT2D eigenvalue weighted by Gasteiger charge is 2.28. The van der Waals surface area contributed by atoms with Crippen LogP contribution in [0.5, 0.6) is 0 Å². The van der Waals surface area contributed by atoms with E-state index in [0.29, 0.717) is 27.2 Å². The first-order valence-electron chi connectivity index (χ1n) is 8.69. The smallest absolute Gasteiger partial charge is 0.274 e. The number of rotatable bonds is 6. The molecule has 0 radical (unpaired) electrons. The lowest BCUT2D eigenvalue weighted by molar-refractivity contribution is 0.539. The molecule has 4 rings (SSSR count). The third-order valence-corrected chi connectivity index (χ3v) is 7.44. The van der Waals surface area contributed by atoms with Gasteiger partial charge in [-0.05, 0) is 42.6 Å². The molecule has 5 nitrogen and oxygen atoms in total. The summed E-state index contributed by atoms with van der Waals surface area (Å²) in [5.74, 6) is 1.08. The molecule has 0 fully saturated rings. The Kier molecular flexibility index (Phi) is 5.02. The van der Waals surface area contributed by atoms with Crippen LogP contribution >= 0.6 is 11.3 Å². The zero-order chi connectivity index (χ0) is 19.6. The molecule has 0 atom stereocenters. The van der Waals surface area contributed by atoms with Crippen LogP contribution in [-0.4, -0.2) is 13.4 Å². The molecule has 2 aromatic carbocycles. The van der Waals surface area contributed by atoms with E-state index in [1.54, 1.807) is 36.6 Å². The Bertz CT molecular complexity index is 1150. The third kappa shape index (κ3) is 3.58. The van der Waals surface area contributed by atoms with Gasteiger partial charge in [-0.2, -0.15) is 0 Å². The predicted octanol–water partition coefficient (Wildman–Crippen LogP) is 5.11. The topological polar surface area (TPSA) is 63.4 Å². The number of benzene rings is 2. The fraction of sp³-hybridized carbons (Fsp3) is 0.0952. The van der Waals surface area contributed by atoms with Gasteiger partial charge in [-0.1, -0.05) is 42.5 Å². The monoisotopic (exact) mass is 410 g/mol. The number of aryl methyl sites for hydroxylation is 1. The Morgan fingerprint density at radius 1 is 0.964 bits per heavy atom. The van der Waals surface area contributed by atoms with Crippen molar-refractivity contribution in [2.75, 3.05) is 4.31 Å².